The van der Waals surface area contributed by atoms with Crippen molar-refractivity contribution in [2.45, 2.75) is 39.5 Å². The molecule has 5 nitrogen and oxygen atoms in total. The SMILES string of the molecule is Cc1nc(Cc2nc(NN)cc(C(C)(C)C)n2)cs1. The highest BCUT2D eigenvalue weighted by molar-refractivity contribution is 7.09. The fourth-order valence-electron chi connectivity index (χ4n) is 1.69. The van der Waals surface area contributed by atoms with Crippen LogP contribution in [0, 0.1) is 6.92 Å². The van der Waals surface area contributed by atoms with E-state index in [9.17, 15) is 0 Å². The van der Waals surface area contributed by atoms with E-state index in [1.807, 2.05) is 18.4 Å². The summed E-state index contributed by atoms with van der Waals surface area (Å²) in [6.07, 6.45) is 0.628. The van der Waals surface area contributed by atoms with Crippen molar-refractivity contribution in [1.82, 2.24) is 15.0 Å². The number of nitrogen functional groups attached to an aromatic ring is 1. The molecule has 2 aromatic heterocycles. The Labute approximate surface area is 117 Å². The van der Waals surface area contributed by atoms with Crippen LogP contribution in [0.3, 0.4) is 0 Å². The van der Waals surface area contributed by atoms with E-state index >= 15 is 0 Å². The smallest absolute Gasteiger partial charge is 0.143 e. The zero-order chi connectivity index (χ0) is 14.0. The Hall–Kier alpha value is -1.53. The van der Waals surface area contributed by atoms with Crippen LogP contribution in [-0.2, 0) is 11.8 Å². The van der Waals surface area contributed by atoms with Gasteiger partial charge in [0.05, 0.1) is 22.8 Å². The van der Waals surface area contributed by atoms with Gasteiger partial charge < -0.3 is 5.43 Å². The van der Waals surface area contributed by atoms with Crippen LogP contribution in [0.4, 0.5) is 5.82 Å². The van der Waals surface area contributed by atoms with E-state index in [4.69, 9.17) is 5.84 Å². The first-order chi connectivity index (χ1) is 8.88. The van der Waals surface area contributed by atoms with E-state index in [1.165, 1.54) is 0 Å². The van der Waals surface area contributed by atoms with Crippen LogP contribution in [0.5, 0.6) is 0 Å². The van der Waals surface area contributed by atoms with Crippen molar-refractivity contribution in [1.29, 1.82) is 0 Å². The molecule has 3 N–H and O–H groups in total. The standard InChI is InChI=1S/C13H19N5S/c1-8-15-9(7-19-8)5-11-16-10(13(2,3)4)6-12(17-11)18-14/h6-7H,5,14H2,1-4H3,(H,16,17,18). The third-order valence-electron chi connectivity index (χ3n) is 2.69. The molecule has 19 heavy (non-hydrogen) atoms. The lowest BCUT2D eigenvalue weighted by Crippen LogP contribution is -2.18. The lowest BCUT2D eigenvalue weighted by molar-refractivity contribution is 0.563. The van der Waals surface area contributed by atoms with Crippen molar-refractivity contribution in [2.75, 3.05) is 5.43 Å². The molecule has 0 atom stereocenters. The molecule has 2 rings (SSSR count). The molecule has 0 aliphatic carbocycles. The molecule has 0 bridgehead atoms. The molecule has 0 aromatic carbocycles. The number of nitrogens with one attached hydrogen (secondary N) is 1. The number of nitrogens with two attached hydrogens (primary N) is 1. The van der Waals surface area contributed by atoms with Crippen LogP contribution < -0.4 is 11.3 Å². The highest BCUT2D eigenvalue weighted by atomic mass is 32.1. The van der Waals surface area contributed by atoms with E-state index < -0.39 is 0 Å². The van der Waals surface area contributed by atoms with E-state index in [1.54, 1.807) is 11.3 Å². The summed E-state index contributed by atoms with van der Waals surface area (Å²) in [6, 6.07) is 1.88. The van der Waals surface area contributed by atoms with Gasteiger partial charge in [0.2, 0.25) is 0 Å². The van der Waals surface area contributed by atoms with Crippen LogP contribution >= 0.6 is 11.3 Å². The predicted octanol–water partition coefficient (Wildman–Crippen LogP) is 2.42. The topological polar surface area (TPSA) is 76.7 Å². The second-order valence-corrected chi connectivity index (χ2v) is 6.55. The Morgan fingerprint density at radius 3 is 2.53 bits per heavy atom. The Bertz CT molecular complexity index is 571. The number of nitrogens with zero attached hydrogens (tertiary/aromatic N) is 3. The van der Waals surface area contributed by atoms with Gasteiger partial charge in [-0.15, -0.1) is 11.3 Å². The molecule has 0 saturated carbocycles. The first kappa shape index (κ1) is 13.9. The monoisotopic (exact) mass is 277 g/mol. The summed E-state index contributed by atoms with van der Waals surface area (Å²) >= 11 is 1.64. The summed E-state index contributed by atoms with van der Waals surface area (Å²) in [4.78, 5) is 13.4. The summed E-state index contributed by atoms with van der Waals surface area (Å²) in [5.41, 5.74) is 4.53. The lowest BCUT2D eigenvalue weighted by atomic mass is 9.92. The second-order valence-electron chi connectivity index (χ2n) is 5.48. The van der Waals surface area contributed by atoms with Gasteiger partial charge in [-0.25, -0.2) is 20.8 Å². The van der Waals surface area contributed by atoms with Crippen LogP contribution in [-0.4, -0.2) is 15.0 Å². The minimum atomic E-state index is -0.0404. The number of anilines is 1. The third kappa shape index (κ3) is 3.48. The lowest BCUT2D eigenvalue weighted by Gasteiger charge is -2.19. The van der Waals surface area contributed by atoms with Crippen LogP contribution in [0.1, 0.15) is 43.0 Å². The van der Waals surface area contributed by atoms with E-state index in [0.29, 0.717) is 12.2 Å². The van der Waals surface area contributed by atoms with Gasteiger partial charge in [0.1, 0.15) is 11.6 Å². The zero-order valence-corrected chi connectivity index (χ0v) is 12.5. The highest BCUT2D eigenvalue weighted by Crippen LogP contribution is 2.22. The minimum Gasteiger partial charge on any atom is -0.308 e. The number of aromatic nitrogens is 3. The Balaban J connectivity index is 2.34. The summed E-state index contributed by atoms with van der Waals surface area (Å²) in [5, 5.41) is 3.09. The molecule has 102 valence electrons. The molecule has 0 aliphatic heterocycles. The van der Waals surface area contributed by atoms with Gasteiger partial charge in [0, 0.05) is 16.9 Å². The van der Waals surface area contributed by atoms with Gasteiger partial charge in [-0.05, 0) is 6.92 Å². The van der Waals surface area contributed by atoms with Crippen molar-refractivity contribution in [3.63, 3.8) is 0 Å². The molecule has 0 fully saturated rings. The first-order valence-corrected chi connectivity index (χ1v) is 7.02. The number of thiazole rings is 1. The van der Waals surface area contributed by atoms with Gasteiger partial charge in [0.15, 0.2) is 0 Å². The molecule has 0 amide bonds. The fraction of sp³-hybridized carbons (Fsp3) is 0.462. The molecule has 0 aliphatic rings. The quantitative estimate of drug-likeness (QED) is 0.665. The van der Waals surface area contributed by atoms with Crippen molar-refractivity contribution in [3.05, 3.63) is 33.7 Å². The van der Waals surface area contributed by atoms with Gasteiger partial charge in [-0.3, -0.25) is 0 Å². The largest absolute Gasteiger partial charge is 0.308 e. The maximum absolute atomic E-state index is 5.47. The Kier molecular flexibility index (Phi) is 3.82. The van der Waals surface area contributed by atoms with Crippen LogP contribution in [0.2, 0.25) is 0 Å². The van der Waals surface area contributed by atoms with Crippen LogP contribution in [0.15, 0.2) is 11.4 Å². The van der Waals surface area contributed by atoms with Gasteiger partial charge in [-0.1, -0.05) is 20.8 Å². The summed E-state index contributed by atoms with van der Waals surface area (Å²) in [5.74, 6) is 6.86. The summed E-state index contributed by atoms with van der Waals surface area (Å²) < 4.78 is 0. The van der Waals surface area contributed by atoms with E-state index in [0.717, 1.165) is 22.2 Å². The Morgan fingerprint density at radius 2 is 2.00 bits per heavy atom. The normalized spacial score (nSPS) is 11.6. The number of hydrogen-bond acceptors (Lipinski definition) is 6. The van der Waals surface area contributed by atoms with Crippen molar-refractivity contribution >= 4 is 17.2 Å². The maximum atomic E-state index is 5.47. The summed E-state index contributed by atoms with van der Waals surface area (Å²) in [7, 11) is 0. The number of rotatable bonds is 3. The number of hydrogen-bond donors (Lipinski definition) is 2. The fourth-order valence-corrected chi connectivity index (χ4v) is 2.30. The number of hydrazine groups is 1. The molecule has 0 unspecified atom stereocenters. The molecule has 2 heterocycles. The van der Waals surface area contributed by atoms with E-state index in [-0.39, 0.29) is 5.41 Å². The van der Waals surface area contributed by atoms with Crippen molar-refractivity contribution in [3.8, 4) is 0 Å². The molecule has 0 saturated heterocycles. The minimum absolute atomic E-state index is 0.0404. The van der Waals surface area contributed by atoms with Gasteiger partial charge in [-0.2, -0.15) is 0 Å². The molecule has 0 radical (unpaired) electrons. The predicted molar refractivity (Wildman–Crippen MR) is 78.2 cm³/mol. The highest BCUT2D eigenvalue weighted by Gasteiger charge is 2.18. The van der Waals surface area contributed by atoms with Crippen molar-refractivity contribution in [2.24, 2.45) is 5.84 Å². The van der Waals surface area contributed by atoms with Gasteiger partial charge >= 0.3 is 0 Å². The second kappa shape index (κ2) is 5.22. The van der Waals surface area contributed by atoms with Crippen molar-refractivity contribution < 1.29 is 0 Å². The maximum Gasteiger partial charge on any atom is 0.143 e. The molecular weight excluding hydrogens is 258 g/mol. The number of aryl methyl sites for hydroxylation is 1. The average Bonchev–Trinajstić information content (AvgIpc) is 2.73. The zero-order valence-electron chi connectivity index (χ0n) is 11.7. The molecule has 2 aromatic rings. The third-order valence-corrected chi connectivity index (χ3v) is 3.52. The van der Waals surface area contributed by atoms with Crippen LogP contribution in [0.25, 0.3) is 0 Å². The first-order valence-electron chi connectivity index (χ1n) is 6.14. The van der Waals surface area contributed by atoms with E-state index in [2.05, 4.69) is 41.1 Å². The summed E-state index contributed by atoms with van der Waals surface area (Å²) in [6.45, 7) is 8.35. The molecule has 6 heteroatoms. The van der Waals surface area contributed by atoms with Gasteiger partial charge in [0.25, 0.3) is 0 Å². The average molecular weight is 277 g/mol. The Morgan fingerprint density at radius 1 is 1.26 bits per heavy atom. The molecular formula is C13H19N5S. The molecule has 0 spiro atoms.